The van der Waals surface area contributed by atoms with E-state index in [2.05, 4.69) is 18.8 Å². The average Bonchev–Trinajstić information content (AvgIpc) is 2.62. The summed E-state index contributed by atoms with van der Waals surface area (Å²) in [6.07, 6.45) is 14.1. The third kappa shape index (κ3) is 3.69. The standard InChI is InChI=1S/C23H31F/c1-3-5-6-10-22-12-15-23(16-13-22,17-14-22)11-9-19-7-8-20(4-2)21(24)18-19/h7-8,18H,3-6,10,12-17H2,1-2H3. The first kappa shape index (κ1) is 17.5. The molecule has 0 heterocycles. The summed E-state index contributed by atoms with van der Waals surface area (Å²) in [5.41, 5.74) is 2.47. The van der Waals surface area contributed by atoms with Crippen molar-refractivity contribution >= 4 is 0 Å². The molecular weight excluding hydrogens is 295 g/mol. The van der Waals surface area contributed by atoms with Gasteiger partial charge in [-0.15, -0.1) is 0 Å². The Balaban J connectivity index is 1.65. The van der Waals surface area contributed by atoms with Gasteiger partial charge >= 0.3 is 0 Å². The van der Waals surface area contributed by atoms with Crippen LogP contribution in [0.2, 0.25) is 0 Å². The molecule has 0 amide bonds. The summed E-state index contributed by atoms with van der Waals surface area (Å²) in [4.78, 5) is 0. The smallest absolute Gasteiger partial charge is 0.127 e. The van der Waals surface area contributed by atoms with Gasteiger partial charge in [-0.05, 0) is 74.5 Å². The second kappa shape index (κ2) is 7.30. The van der Waals surface area contributed by atoms with E-state index >= 15 is 0 Å². The Kier molecular flexibility index (Phi) is 5.33. The number of halogens is 1. The number of rotatable bonds is 5. The van der Waals surface area contributed by atoms with E-state index in [-0.39, 0.29) is 11.2 Å². The minimum absolute atomic E-state index is 0.107. The van der Waals surface area contributed by atoms with Gasteiger partial charge in [0.1, 0.15) is 5.82 Å². The Labute approximate surface area is 147 Å². The van der Waals surface area contributed by atoms with Gasteiger partial charge in [-0.3, -0.25) is 0 Å². The van der Waals surface area contributed by atoms with E-state index in [0.29, 0.717) is 5.41 Å². The Morgan fingerprint density at radius 2 is 1.71 bits per heavy atom. The van der Waals surface area contributed by atoms with Crippen molar-refractivity contribution in [2.24, 2.45) is 10.8 Å². The predicted molar refractivity (Wildman–Crippen MR) is 99.4 cm³/mol. The zero-order chi connectivity index (χ0) is 17.0. The molecule has 4 rings (SSSR count). The summed E-state index contributed by atoms with van der Waals surface area (Å²) in [5, 5.41) is 0. The van der Waals surface area contributed by atoms with E-state index in [4.69, 9.17) is 0 Å². The van der Waals surface area contributed by atoms with E-state index < -0.39 is 0 Å². The van der Waals surface area contributed by atoms with Gasteiger partial charge in [0.15, 0.2) is 0 Å². The molecule has 0 spiro atoms. The fraction of sp³-hybridized carbons (Fsp3) is 0.652. The van der Waals surface area contributed by atoms with Gasteiger partial charge in [0.05, 0.1) is 0 Å². The molecule has 2 bridgehead atoms. The molecule has 1 aromatic rings. The van der Waals surface area contributed by atoms with Gasteiger partial charge in [-0.2, -0.15) is 0 Å². The molecule has 3 aliphatic carbocycles. The van der Waals surface area contributed by atoms with Gasteiger partial charge < -0.3 is 0 Å². The molecule has 1 heteroatoms. The Morgan fingerprint density at radius 3 is 2.29 bits per heavy atom. The minimum atomic E-state index is -0.107. The fourth-order valence-electron chi connectivity index (χ4n) is 4.69. The molecule has 0 atom stereocenters. The van der Waals surface area contributed by atoms with Crippen molar-refractivity contribution in [2.75, 3.05) is 0 Å². The van der Waals surface area contributed by atoms with Crippen LogP contribution in [0.15, 0.2) is 18.2 Å². The van der Waals surface area contributed by atoms with Crippen molar-refractivity contribution in [3.8, 4) is 11.8 Å². The number of fused-ring (bicyclic) bond motifs is 3. The molecule has 24 heavy (non-hydrogen) atoms. The van der Waals surface area contributed by atoms with Crippen LogP contribution in [0, 0.1) is 28.5 Å². The zero-order valence-corrected chi connectivity index (χ0v) is 15.4. The van der Waals surface area contributed by atoms with Crippen LogP contribution < -0.4 is 0 Å². The summed E-state index contributed by atoms with van der Waals surface area (Å²) in [6, 6.07) is 5.48. The van der Waals surface area contributed by atoms with Gasteiger partial charge in [-0.25, -0.2) is 4.39 Å². The first-order valence-electron chi connectivity index (χ1n) is 9.92. The predicted octanol–water partition coefficient (Wildman–Crippen LogP) is 6.66. The maximum Gasteiger partial charge on any atom is 0.127 e. The molecule has 0 nitrogen and oxygen atoms in total. The second-order valence-electron chi connectivity index (χ2n) is 8.15. The fourth-order valence-corrected chi connectivity index (χ4v) is 4.69. The normalized spacial score (nSPS) is 28.5. The highest BCUT2D eigenvalue weighted by molar-refractivity contribution is 5.38. The van der Waals surface area contributed by atoms with Crippen molar-refractivity contribution in [1.29, 1.82) is 0 Å². The lowest BCUT2D eigenvalue weighted by molar-refractivity contribution is 0.0186. The maximum atomic E-state index is 13.9. The number of aryl methyl sites for hydroxylation is 1. The van der Waals surface area contributed by atoms with Crippen LogP contribution in [-0.4, -0.2) is 0 Å². The quantitative estimate of drug-likeness (QED) is 0.419. The lowest BCUT2D eigenvalue weighted by Crippen LogP contribution is -2.40. The highest BCUT2D eigenvalue weighted by atomic mass is 19.1. The van der Waals surface area contributed by atoms with E-state index in [9.17, 15) is 4.39 Å². The van der Waals surface area contributed by atoms with Crippen molar-refractivity contribution < 1.29 is 4.39 Å². The van der Waals surface area contributed by atoms with Crippen LogP contribution in [0.3, 0.4) is 0 Å². The maximum absolute atomic E-state index is 13.9. The van der Waals surface area contributed by atoms with Crippen LogP contribution >= 0.6 is 0 Å². The molecule has 3 saturated carbocycles. The molecular formula is C23H31F. The molecule has 1 aromatic carbocycles. The van der Waals surface area contributed by atoms with Crippen LogP contribution in [-0.2, 0) is 6.42 Å². The minimum Gasteiger partial charge on any atom is -0.207 e. The van der Waals surface area contributed by atoms with Crippen molar-refractivity contribution in [1.82, 2.24) is 0 Å². The molecule has 0 saturated heterocycles. The van der Waals surface area contributed by atoms with Gasteiger partial charge in [-0.1, -0.05) is 51.0 Å². The van der Waals surface area contributed by atoms with Crippen molar-refractivity contribution in [3.63, 3.8) is 0 Å². The first-order chi connectivity index (χ1) is 11.6. The number of unbranched alkanes of at least 4 members (excludes halogenated alkanes) is 2. The average molecular weight is 326 g/mol. The number of benzene rings is 1. The van der Waals surface area contributed by atoms with Crippen LogP contribution in [0.4, 0.5) is 4.39 Å². The van der Waals surface area contributed by atoms with Gasteiger partial charge in [0, 0.05) is 11.0 Å². The van der Waals surface area contributed by atoms with Crippen LogP contribution in [0.25, 0.3) is 0 Å². The van der Waals surface area contributed by atoms with Crippen molar-refractivity contribution in [2.45, 2.75) is 84.5 Å². The number of hydrogen-bond acceptors (Lipinski definition) is 0. The lowest BCUT2D eigenvalue weighted by Gasteiger charge is -2.51. The zero-order valence-electron chi connectivity index (χ0n) is 15.4. The SMILES string of the molecule is CCCCCC12CCC(C#Cc3ccc(CC)c(F)c3)(CC1)CC2. The molecule has 130 valence electrons. The third-order valence-corrected chi connectivity index (χ3v) is 6.62. The van der Waals surface area contributed by atoms with Crippen LogP contribution in [0.5, 0.6) is 0 Å². The summed E-state index contributed by atoms with van der Waals surface area (Å²) >= 11 is 0. The number of hydrogen-bond donors (Lipinski definition) is 0. The third-order valence-electron chi connectivity index (χ3n) is 6.62. The monoisotopic (exact) mass is 326 g/mol. The molecule has 0 radical (unpaired) electrons. The molecule has 0 aliphatic heterocycles. The van der Waals surface area contributed by atoms with E-state index in [1.807, 2.05) is 19.1 Å². The van der Waals surface area contributed by atoms with E-state index in [0.717, 1.165) is 17.5 Å². The summed E-state index contributed by atoms with van der Waals surface area (Å²) in [5.74, 6) is 6.76. The second-order valence-corrected chi connectivity index (χ2v) is 8.15. The summed E-state index contributed by atoms with van der Waals surface area (Å²) in [6.45, 7) is 4.27. The first-order valence-corrected chi connectivity index (χ1v) is 9.92. The van der Waals surface area contributed by atoms with Crippen molar-refractivity contribution in [3.05, 3.63) is 35.1 Å². The molecule has 0 aromatic heterocycles. The van der Waals surface area contributed by atoms with E-state index in [1.54, 1.807) is 6.07 Å². The Morgan fingerprint density at radius 1 is 1.00 bits per heavy atom. The molecule has 3 aliphatic rings. The lowest BCUT2D eigenvalue weighted by atomic mass is 9.53. The summed E-state index contributed by atoms with van der Waals surface area (Å²) < 4.78 is 13.9. The van der Waals surface area contributed by atoms with Gasteiger partial charge in [0.25, 0.3) is 0 Å². The largest absolute Gasteiger partial charge is 0.207 e. The topological polar surface area (TPSA) is 0 Å². The van der Waals surface area contributed by atoms with Crippen LogP contribution in [0.1, 0.15) is 89.2 Å². The molecule has 0 N–H and O–H groups in total. The summed E-state index contributed by atoms with van der Waals surface area (Å²) in [7, 11) is 0. The highest BCUT2D eigenvalue weighted by Crippen LogP contribution is 2.58. The molecule has 0 unspecified atom stereocenters. The highest BCUT2D eigenvalue weighted by Gasteiger charge is 2.47. The van der Waals surface area contributed by atoms with Gasteiger partial charge in [0.2, 0.25) is 0 Å². The molecule has 3 fully saturated rings. The Bertz CT molecular complexity index is 607. The Hall–Kier alpha value is -1.29. The van der Waals surface area contributed by atoms with E-state index in [1.165, 1.54) is 64.2 Å².